The van der Waals surface area contributed by atoms with Crippen LogP contribution in [-0.2, 0) is 0 Å². The molecule has 1 aliphatic rings. The first-order valence-corrected chi connectivity index (χ1v) is 6.16. The maximum atomic E-state index is 5.78. The van der Waals surface area contributed by atoms with Crippen molar-refractivity contribution in [3.05, 3.63) is 0 Å². The zero-order chi connectivity index (χ0) is 11.7. The van der Waals surface area contributed by atoms with Gasteiger partial charge in [-0.3, -0.25) is 0 Å². The van der Waals surface area contributed by atoms with Crippen LogP contribution in [0, 0.1) is 10.8 Å². The number of hydrogen-bond donors (Lipinski definition) is 1. The van der Waals surface area contributed by atoms with Crippen LogP contribution >= 0.6 is 0 Å². The van der Waals surface area contributed by atoms with Crippen molar-refractivity contribution in [3.63, 3.8) is 0 Å². The molecule has 0 amide bonds. The maximum absolute atomic E-state index is 5.78. The van der Waals surface area contributed by atoms with E-state index >= 15 is 0 Å². The Kier molecular flexibility index (Phi) is 3.83. The molecule has 0 heterocycles. The molecule has 1 aliphatic carbocycles. The van der Waals surface area contributed by atoms with Crippen molar-refractivity contribution < 1.29 is 0 Å². The highest BCUT2D eigenvalue weighted by atomic mass is 15.1. The third-order valence-corrected chi connectivity index (χ3v) is 3.80. The van der Waals surface area contributed by atoms with E-state index in [2.05, 4.69) is 39.6 Å². The van der Waals surface area contributed by atoms with Gasteiger partial charge in [0.05, 0.1) is 0 Å². The molecule has 2 N–H and O–H groups in total. The lowest BCUT2D eigenvalue weighted by Gasteiger charge is -2.33. The van der Waals surface area contributed by atoms with Gasteiger partial charge in [-0.25, -0.2) is 0 Å². The van der Waals surface area contributed by atoms with Gasteiger partial charge in [0.15, 0.2) is 0 Å². The Balaban J connectivity index is 2.45. The second-order valence-corrected chi connectivity index (χ2v) is 6.84. The summed E-state index contributed by atoms with van der Waals surface area (Å²) >= 11 is 0. The van der Waals surface area contributed by atoms with Gasteiger partial charge in [-0.1, -0.05) is 27.7 Å². The Morgan fingerprint density at radius 2 is 2.00 bits per heavy atom. The van der Waals surface area contributed by atoms with Crippen molar-refractivity contribution in [1.82, 2.24) is 4.90 Å². The monoisotopic (exact) mass is 212 g/mol. The van der Waals surface area contributed by atoms with Crippen LogP contribution in [-0.4, -0.2) is 31.1 Å². The standard InChI is InChI=1S/C13H28N2/c1-12(2)7-6-11(8-12)15(5)10-13(3,4)9-14/h11H,6-10,14H2,1-5H3. The highest BCUT2D eigenvalue weighted by Gasteiger charge is 2.34. The van der Waals surface area contributed by atoms with Crippen molar-refractivity contribution in [2.75, 3.05) is 20.1 Å². The van der Waals surface area contributed by atoms with E-state index in [9.17, 15) is 0 Å². The molecule has 0 spiro atoms. The third kappa shape index (κ3) is 3.76. The Morgan fingerprint density at radius 3 is 2.40 bits per heavy atom. The Hall–Kier alpha value is -0.0800. The van der Waals surface area contributed by atoms with E-state index in [-0.39, 0.29) is 5.41 Å². The largest absolute Gasteiger partial charge is 0.330 e. The van der Waals surface area contributed by atoms with Crippen molar-refractivity contribution in [3.8, 4) is 0 Å². The number of hydrogen-bond acceptors (Lipinski definition) is 2. The molecule has 0 saturated heterocycles. The van der Waals surface area contributed by atoms with E-state index in [0.29, 0.717) is 5.41 Å². The van der Waals surface area contributed by atoms with Crippen molar-refractivity contribution in [2.45, 2.75) is 53.0 Å². The van der Waals surface area contributed by atoms with E-state index in [1.165, 1.54) is 19.3 Å². The van der Waals surface area contributed by atoms with E-state index < -0.39 is 0 Å². The summed E-state index contributed by atoms with van der Waals surface area (Å²) in [7, 11) is 2.25. The summed E-state index contributed by atoms with van der Waals surface area (Å²) in [5.74, 6) is 0. The highest BCUT2D eigenvalue weighted by molar-refractivity contribution is 4.88. The molecule has 2 heteroatoms. The molecule has 90 valence electrons. The van der Waals surface area contributed by atoms with Gasteiger partial charge >= 0.3 is 0 Å². The molecule has 0 bridgehead atoms. The van der Waals surface area contributed by atoms with Crippen LogP contribution in [0.2, 0.25) is 0 Å². The molecule has 1 unspecified atom stereocenters. The van der Waals surface area contributed by atoms with E-state index in [0.717, 1.165) is 19.1 Å². The summed E-state index contributed by atoms with van der Waals surface area (Å²) < 4.78 is 0. The molecule has 0 aromatic heterocycles. The summed E-state index contributed by atoms with van der Waals surface area (Å²) in [4.78, 5) is 2.52. The first-order chi connectivity index (χ1) is 6.76. The number of rotatable bonds is 4. The SMILES string of the molecule is CN(CC(C)(C)CN)C1CCC(C)(C)C1. The minimum absolute atomic E-state index is 0.251. The predicted molar refractivity (Wildman–Crippen MR) is 66.9 cm³/mol. The minimum Gasteiger partial charge on any atom is -0.330 e. The predicted octanol–water partition coefficient (Wildman–Crippen LogP) is 2.48. The van der Waals surface area contributed by atoms with Crippen molar-refractivity contribution in [1.29, 1.82) is 0 Å². The Bertz CT molecular complexity index is 209. The van der Waals surface area contributed by atoms with Crippen LogP contribution in [0.4, 0.5) is 0 Å². The van der Waals surface area contributed by atoms with Gasteiger partial charge in [0.2, 0.25) is 0 Å². The molecule has 1 saturated carbocycles. The smallest absolute Gasteiger partial charge is 0.00977 e. The van der Waals surface area contributed by atoms with E-state index in [4.69, 9.17) is 5.73 Å². The van der Waals surface area contributed by atoms with E-state index in [1.54, 1.807) is 0 Å². The van der Waals surface area contributed by atoms with Crippen LogP contribution in [0.1, 0.15) is 47.0 Å². The lowest BCUT2D eigenvalue weighted by molar-refractivity contribution is 0.158. The van der Waals surface area contributed by atoms with Gasteiger partial charge in [0.25, 0.3) is 0 Å². The lowest BCUT2D eigenvalue weighted by Crippen LogP contribution is -2.41. The zero-order valence-electron chi connectivity index (χ0n) is 11.1. The van der Waals surface area contributed by atoms with Crippen LogP contribution in [0.15, 0.2) is 0 Å². The molecule has 15 heavy (non-hydrogen) atoms. The van der Waals surface area contributed by atoms with Gasteiger partial charge in [0, 0.05) is 12.6 Å². The molecular formula is C13H28N2. The first kappa shape index (κ1) is 13.0. The molecule has 0 radical (unpaired) electrons. The van der Waals surface area contributed by atoms with Gasteiger partial charge in [-0.2, -0.15) is 0 Å². The van der Waals surface area contributed by atoms with Crippen LogP contribution in [0.5, 0.6) is 0 Å². The van der Waals surface area contributed by atoms with Gasteiger partial charge in [0.1, 0.15) is 0 Å². The number of nitrogens with two attached hydrogens (primary N) is 1. The topological polar surface area (TPSA) is 29.3 Å². The minimum atomic E-state index is 0.251. The highest BCUT2D eigenvalue weighted by Crippen LogP contribution is 2.39. The molecular weight excluding hydrogens is 184 g/mol. The van der Waals surface area contributed by atoms with Crippen molar-refractivity contribution >= 4 is 0 Å². The van der Waals surface area contributed by atoms with Crippen LogP contribution < -0.4 is 5.73 Å². The summed E-state index contributed by atoms with van der Waals surface area (Å²) in [6.45, 7) is 11.2. The normalized spacial score (nSPS) is 26.2. The fourth-order valence-corrected chi connectivity index (χ4v) is 2.64. The second-order valence-electron chi connectivity index (χ2n) is 6.84. The average Bonchev–Trinajstić information content (AvgIpc) is 2.45. The summed E-state index contributed by atoms with van der Waals surface area (Å²) in [5, 5.41) is 0. The first-order valence-electron chi connectivity index (χ1n) is 6.16. The lowest BCUT2D eigenvalue weighted by atomic mass is 9.90. The van der Waals surface area contributed by atoms with Crippen molar-refractivity contribution in [2.24, 2.45) is 16.6 Å². The third-order valence-electron chi connectivity index (χ3n) is 3.80. The summed E-state index contributed by atoms with van der Waals surface area (Å²) in [5.41, 5.74) is 6.58. The second kappa shape index (κ2) is 4.42. The van der Waals surface area contributed by atoms with Crippen LogP contribution in [0.3, 0.4) is 0 Å². The number of nitrogens with zero attached hydrogens (tertiary/aromatic N) is 1. The maximum Gasteiger partial charge on any atom is 0.00977 e. The molecule has 0 aliphatic heterocycles. The quantitative estimate of drug-likeness (QED) is 0.776. The zero-order valence-corrected chi connectivity index (χ0v) is 11.1. The average molecular weight is 212 g/mol. The van der Waals surface area contributed by atoms with Gasteiger partial charge in [-0.05, 0) is 43.7 Å². The Labute approximate surface area is 95.2 Å². The summed E-state index contributed by atoms with van der Waals surface area (Å²) in [6, 6.07) is 0.769. The molecule has 0 aromatic rings. The fourth-order valence-electron chi connectivity index (χ4n) is 2.64. The van der Waals surface area contributed by atoms with Crippen LogP contribution in [0.25, 0.3) is 0 Å². The molecule has 1 rings (SSSR count). The fraction of sp³-hybridized carbons (Fsp3) is 1.00. The van der Waals surface area contributed by atoms with Gasteiger partial charge in [-0.15, -0.1) is 0 Å². The van der Waals surface area contributed by atoms with E-state index in [1.807, 2.05) is 0 Å². The van der Waals surface area contributed by atoms with Gasteiger partial charge < -0.3 is 10.6 Å². The molecule has 0 aromatic carbocycles. The Morgan fingerprint density at radius 1 is 1.40 bits per heavy atom. The summed E-state index contributed by atoms with van der Waals surface area (Å²) in [6.07, 6.45) is 4.05. The molecule has 1 atom stereocenters. The molecule has 1 fully saturated rings. The molecule has 2 nitrogen and oxygen atoms in total.